The van der Waals surface area contributed by atoms with E-state index < -0.39 is 0 Å². The van der Waals surface area contributed by atoms with Gasteiger partial charge in [0.05, 0.1) is 11.0 Å². The predicted molar refractivity (Wildman–Crippen MR) is 198 cm³/mol. The van der Waals surface area contributed by atoms with Gasteiger partial charge in [-0.05, 0) is 111 Å². The van der Waals surface area contributed by atoms with E-state index in [9.17, 15) is 0 Å². The fourth-order valence-corrected chi connectivity index (χ4v) is 8.68. The van der Waals surface area contributed by atoms with Gasteiger partial charge in [0.25, 0.3) is 0 Å². The molecular formula is C44H39N3. The average molecular weight is 610 g/mol. The number of hydrogen-bond donors (Lipinski definition) is 0. The average Bonchev–Trinajstić information content (AvgIpc) is 3.44. The van der Waals surface area contributed by atoms with E-state index >= 15 is 0 Å². The molecule has 0 spiro atoms. The smallest absolute Gasteiger partial charge is 0.157 e. The molecule has 0 saturated heterocycles. The van der Waals surface area contributed by atoms with Crippen LogP contribution in [0.5, 0.6) is 0 Å². The molecule has 0 amide bonds. The van der Waals surface area contributed by atoms with Crippen LogP contribution in [0.2, 0.25) is 0 Å². The van der Waals surface area contributed by atoms with E-state index in [-0.39, 0.29) is 0 Å². The molecule has 2 aromatic heterocycles. The Morgan fingerprint density at radius 2 is 1.36 bits per heavy atom. The van der Waals surface area contributed by atoms with Crippen molar-refractivity contribution >= 4 is 44.2 Å². The predicted octanol–water partition coefficient (Wildman–Crippen LogP) is 12.1. The zero-order valence-corrected chi connectivity index (χ0v) is 27.6. The third kappa shape index (κ3) is 4.18. The summed E-state index contributed by atoms with van der Waals surface area (Å²) in [5.41, 5.74) is 13.2. The summed E-state index contributed by atoms with van der Waals surface area (Å²) >= 11 is 0. The Kier molecular flexibility index (Phi) is 6.47. The number of rotatable bonds is 0. The highest BCUT2D eigenvalue weighted by Crippen LogP contribution is 2.51. The van der Waals surface area contributed by atoms with Gasteiger partial charge in [-0.25, -0.2) is 9.98 Å². The molecule has 1 aliphatic heterocycles. The van der Waals surface area contributed by atoms with Crippen LogP contribution in [0.25, 0.3) is 54.8 Å². The molecule has 2 aliphatic rings. The molecule has 0 N–H and O–H groups in total. The summed E-state index contributed by atoms with van der Waals surface area (Å²) in [7, 11) is 0. The first kappa shape index (κ1) is 28.2. The third-order valence-electron chi connectivity index (χ3n) is 11.3. The van der Waals surface area contributed by atoms with Crippen molar-refractivity contribution in [2.45, 2.75) is 64.7 Å². The van der Waals surface area contributed by atoms with Crippen LogP contribution >= 0.6 is 0 Å². The van der Waals surface area contributed by atoms with Gasteiger partial charge >= 0.3 is 0 Å². The molecule has 3 nitrogen and oxygen atoms in total. The molecule has 3 heteroatoms. The Morgan fingerprint density at radius 3 is 2.19 bits per heavy atom. The summed E-state index contributed by atoms with van der Waals surface area (Å²) in [6.07, 6.45) is 4.98. The standard InChI is InChI=1S/C44H39N3/c1-26-13-11-21-40(46-44-31(26)20-12-24-45-44)47-38-23-22-30-14-5-6-17-34(30)42(38)43-39(47)25-37-29(4)41(43)36-19-10-8-16-33(36)28(3)27(2)32-15-7-9-18-35(32)37/h5-10,12,14-20,22-28H,11,13,21H2,1-4H3/t26?,27-,28?/m0/s1. The summed E-state index contributed by atoms with van der Waals surface area (Å²) in [5, 5.41) is 5.18. The number of fused-ring (bicyclic) bond motifs is 13. The van der Waals surface area contributed by atoms with Crippen LogP contribution < -0.4 is 0 Å². The Labute approximate surface area is 276 Å². The molecule has 3 heterocycles. The highest BCUT2D eigenvalue weighted by atomic mass is 15.1. The monoisotopic (exact) mass is 609 g/mol. The van der Waals surface area contributed by atoms with E-state index in [4.69, 9.17) is 9.98 Å². The molecule has 7 aromatic rings. The van der Waals surface area contributed by atoms with Crippen molar-refractivity contribution in [1.82, 2.24) is 9.55 Å². The third-order valence-corrected chi connectivity index (χ3v) is 11.3. The highest BCUT2D eigenvalue weighted by molar-refractivity contribution is 6.28. The Hall–Kier alpha value is -5.02. The van der Waals surface area contributed by atoms with E-state index in [1.165, 1.54) is 77.1 Å². The van der Waals surface area contributed by atoms with Crippen LogP contribution in [0.15, 0.2) is 114 Å². The maximum atomic E-state index is 5.44. The Morgan fingerprint density at radius 1 is 0.660 bits per heavy atom. The van der Waals surface area contributed by atoms with Crippen molar-refractivity contribution in [2.75, 3.05) is 0 Å². The van der Waals surface area contributed by atoms with Crippen molar-refractivity contribution in [2.24, 2.45) is 4.99 Å². The van der Waals surface area contributed by atoms with Gasteiger partial charge in [0.1, 0.15) is 5.84 Å². The lowest BCUT2D eigenvalue weighted by molar-refractivity contribution is 0.626. The Bertz CT molecular complexity index is 2410. The van der Waals surface area contributed by atoms with E-state index in [1.54, 1.807) is 0 Å². The van der Waals surface area contributed by atoms with Gasteiger partial charge in [0, 0.05) is 23.4 Å². The molecule has 47 heavy (non-hydrogen) atoms. The van der Waals surface area contributed by atoms with Crippen LogP contribution in [-0.2, 0) is 0 Å². The van der Waals surface area contributed by atoms with Gasteiger partial charge in [-0.3, -0.25) is 4.57 Å². The van der Waals surface area contributed by atoms with Gasteiger partial charge in [0.2, 0.25) is 0 Å². The molecule has 0 radical (unpaired) electrons. The van der Waals surface area contributed by atoms with Gasteiger partial charge < -0.3 is 0 Å². The quantitative estimate of drug-likeness (QED) is 0.168. The molecule has 230 valence electrons. The van der Waals surface area contributed by atoms with E-state index in [1.807, 2.05) is 6.20 Å². The number of aliphatic imine (C=N–C) groups is 1. The SMILES string of the molecule is Cc1c2cc3c(c1-c1ccccc1C(C)[C@H](C)c1ccccc1-2)c1c2ccccc2ccc1n3C1=Nc2ncccc2C(C)CCC1. The summed E-state index contributed by atoms with van der Waals surface area (Å²) in [6.45, 7) is 9.48. The molecular weight excluding hydrogens is 571 g/mol. The topological polar surface area (TPSA) is 30.2 Å². The largest absolute Gasteiger partial charge is 0.297 e. The molecule has 5 aromatic carbocycles. The second kappa shape index (κ2) is 10.8. The van der Waals surface area contributed by atoms with Crippen LogP contribution in [0.4, 0.5) is 5.82 Å². The molecule has 3 atom stereocenters. The van der Waals surface area contributed by atoms with E-state index in [0.717, 1.165) is 30.9 Å². The molecule has 2 bridgehead atoms. The van der Waals surface area contributed by atoms with Crippen LogP contribution in [0, 0.1) is 6.92 Å². The summed E-state index contributed by atoms with van der Waals surface area (Å²) in [6, 6.07) is 38.5. The number of pyridine rings is 1. The van der Waals surface area contributed by atoms with Crippen molar-refractivity contribution in [3.8, 4) is 22.3 Å². The summed E-state index contributed by atoms with van der Waals surface area (Å²) in [5.74, 6) is 3.08. The van der Waals surface area contributed by atoms with Gasteiger partial charge in [0.15, 0.2) is 5.82 Å². The number of hydrogen-bond acceptors (Lipinski definition) is 2. The first-order chi connectivity index (χ1) is 23.0. The van der Waals surface area contributed by atoms with Crippen LogP contribution in [0.3, 0.4) is 0 Å². The molecule has 9 rings (SSSR count). The molecule has 0 saturated carbocycles. The maximum absolute atomic E-state index is 5.44. The fraction of sp³-hybridized carbons (Fsp3) is 0.227. The lowest BCUT2D eigenvalue weighted by Gasteiger charge is -2.24. The second-order valence-electron chi connectivity index (χ2n) is 13.8. The molecule has 0 fully saturated rings. The lowest BCUT2D eigenvalue weighted by atomic mass is 9.80. The normalized spacial score (nSPS) is 19.1. The van der Waals surface area contributed by atoms with Crippen molar-refractivity contribution in [3.05, 3.63) is 132 Å². The molecule has 1 aliphatic carbocycles. The van der Waals surface area contributed by atoms with E-state index in [0.29, 0.717) is 17.8 Å². The van der Waals surface area contributed by atoms with Crippen LogP contribution in [-0.4, -0.2) is 15.4 Å². The molecule has 2 unspecified atom stereocenters. The van der Waals surface area contributed by atoms with Gasteiger partial charge in [-0.15, -0.1) is 0 Å². The minimum Gasteiger partial charge on any atom is -0.297 e. The van der Waals surface area contributed by atoms with Gasteiger partial charge in [-0.2, -0.15) is 0 Å². The number of aromatic nitrogens is 2. The second-order valence-corrected chi connectivity index (χ2v) is 13.8. The minimum atomic E-state index is 0.348. The van der Waals surface area contributed by atoms with Gasteiger partial charge in [-0.1, -0.05) is 106 Å². The van der Waals surface area contributed by atoms with E-state index in [2.05, 4.69) is 135 Å². The van der Waals surface area contributed by atoms with Crippen molar-refractivity contribution < 1.29 is 0 Å². The fourth-order valence-electron chi connectivity index (χ4n) is 8.68. The maximum Gasteiger partial charge on any atom is 0.157 e. The lowest BCUT2D eigenvalue weighted by Crippen LogP contribution is -2.14. The Balaban J connectivity index is 1.52. The van der Waals surface area contributed by atoms with Crippen molar-refractivity contribution in [1.29, 1.82) is 0 Å². The number of nitrogens with zero attached hydrogens (tertiary/aromatic N) is 3. The highest BCUT2D eigenvalue weighted by Gasteiger charge is 2.30. The minimum absolute atomic E-state index is 0.348. The zero-order chi connectivity index (χ0) is 31.8. The number of benzene rings is 5. The summed E-state index contributed by atoms with van der Waals surface area (Å²) in [4.78, 5) is 10.3. The van der Waals surface area contributed by atoms with Crippen molar-refractivity contribution in [3.63, 3.8) is 0 Å². The first-order valence-corrected chi connectivity index (χ1v) is 17.2. The summed E-state index contributed by atoms with van der Waals surface area (Å²) < 4.78 is 2.49. The van der Waals surface area contributed by atoms with Crippen LogP contribution in [0.1, 0.15) is 80.0 Å². The first-order valence-electron chi connectivity index (χ1n) is 17.2. The zero-order valence-electron chi connectivity index (χ0n) is 27.6.